The average Bonchev–Trinajstić information content (AvgIpc) is 2.34. The summed E-state index contributed by atoms with van der Waals surface area (Å²) in [6, 6.07) is 0. The van der Waals surface area contributed by atoms with Crippen LogP contribution < -0.4 is 5.32 Å². The summed E-state index contributed by atoms with van der Waals surface area (Å²) >= 11 is 0. The Morgan fingerprint density at radius 1 is 1.64 bits per heavy atom. The lowest BCUT2D eigenvalue weighted by Gasteiger charge is -2.21. The first kappa shape index (κ1) is 8.46. The van der Waals surface area contributed by atoms with E-state index < -0.39 is 11.6 Å². The summed E-state index contributed by atoms with van der Waals surface area (Å²) in [6.07, 6.45) is 0. The van der Waals surface area contributed by atoms with Crippen molar-refractivity contribution in [2.75, 3.05) is 19.8 Å². The number of nitrogens with one attached hydrogen (secondary N) is 1. The van der Waals surface area contributed by atoms with Gasteiger partial charge in [0, 0.05) is 13.1 Å². The molecule has 0 aromatic carbocycles. The number of carbonyl (C=O) groups excluding carboxylic acids is 1. The highest BCUT2D eigenvalue weighted by molar-refractivity contribution is 5.84. The Morgan fingerprint density at radius 3 is 2.64 bits per heavy atom. The lowest BCUT2D eigenvalue weighted by molar-refractivity contribution is -0.140. The van der Waals surface area contributed by atoms with Gasteiger partial charge in [-0.15, -0.1) is 0 Å². The normalized spacial score (nSPS) is 19.0. The topological polar surface area (TPSA) is 32.3 Å². The van der Waals surface area contributed by atoms with Crippen LogP contribution in [0.5, 0.6) is 0 Å². The van der Waals surface area contributed by atoms with Crippen molar-refractivity contribution in [2.24, 2.45) is 0 Å². The van der Waals surface area contributed by atoms with E-state index in [1.807, 2.05) is 0 Å². The highest BCUT2D eigenvalue weighted by Gasteiger charge is 2.32. The Labute approximate surface area is 65.6 Å². The van der Waals surface area contributed by atoms with Crippen molar-refractivity contribution < 1.29 is 9.18 Å². The van der Waals surface area contributed by atoms with Crippen molar-refractivity contribution >= 4 is 5.91 Å². The molecule has 1 aliphatic rings. The highest BCUT2D eigenvalue weighted by atomic mass is 19.1. The van der Waals surface area contributed by atoms with Gasteiger partial charge in [-0.25, -0.2) is 4.39 Å². The van der Waals surface area contributed by atoms with Crippen molar-refractivity contribution in [3.8, 4) is 0 Å². The van der Waals surface area contributed by atoms with Crippen LogP contribution in [0.15, 0.2) is 0 Å². The molecule has 1 heterocycles. The molecule has 4 heteroatoms. The molecule has 3 nitrogen and oxygen atoms in total. The summed E-state index contributed by atoms with van der Waals surface area (Å²) in [7, 11) is 0. The van der Waals surface area contributed by atoms with E-state index >= 15 is 0 Å². The molecule has 1 saturated heterocycles. The zero-order chi connectivity index (χ0) is 8.48. The van der Waals surface area contributed by atoms with E-state index in [-0.39, 0.29) is 0 Å². The maximum Gasteiger partial charge on any atom is 0.260 e. The monoisotopic (exact) mass is 160 g/mol. The smallest absolute Gasteiger partial charge is 0.260 e. The van der Waals surface area contributed by atoms with Crippen molar-refractivity contribution in [3.63, 3.8) is 0 Å². The molecule has 0 bridgehead atoms. The summed E-state index contributed by atoms with van der Waals surface area (Å²) in [5.74, 6) is -0.428. The highest BCUT2D eigenvalue weighted by Crippen LogP contribution is 2.13. The van der Waals surface area contributed by atoms with E-state index in [1.54, 1.807) is 0 Å². The minimum atomic E-state index is -1.73. The van der Waals surface area contributed by atoms with Gasteiger partial charge in [0.05, 0.1) is 6.67 Å². The number of alkyl halides is 1. The maximum atomic E-state index is 13.0. The summed E-state index contributed by atoms with van der Waals surface area (Å²) in [4.78, 5) is 12.7. The van der Waals surface area contributed by atoms with E-state index in [9.17, 15) is 9.18 Å². The molecule has 1 amide bonds. The predicted octanol–water partition coefficient (Wildman–Crippen LogP) is 0.124. The molecule has 0 radical (unpaired) electrons. The van der Waals surface area contributed by atoms with Crippen LogP contribution in [0.3, 0.4) is 0 Å². The van der Waals surface area contributed by atoms with Crippen molar-refractivity contribution in [2.45, 2.75) is 19.5 Å². The van der Waals surface area contributed by atoms with Crippen LogP contribution in [0.4, 0.5) is 4.39 Å². The van der Waals surface area contributed by atoms with Crippen LogP contribution in [-0.2, 0) is 4.79 Å². The molecule has 0 aromatic heterocycles. The molecule has 1 rings (SSSR count). The van der Waals surface area contributed by atoms with Crippen LogP contribution in [-0.4, -0.2) is 36.2 Å². The van der Waals surface area contributed by atoms with Gasteiger partial charge in [0.15, 0.2) is 5.67 Å². The number of hydrogen-bond donors (Lipinski definition) is 1. The molecular weight excluding hydrogens is 147 g/mol. The third-order valence-electron chi connectivity index (χ3n) is 1.66. The maximum absolute atomic E-state index is 13.0. The van der Waals surface area contributed by atoms with Crippen LogP contribution in [0.2, 0.25) is 0 Å². The summed E-state index contributed by atoms with van der Waals surface area (Å²) < 4.78 is 13.0. The second-order valence-electron chi connectivity index (χ2n) is 3.20. The van der Waals surface area contributed by atoms with Crippen LogP contribution >= 0.6 is 0 Å². The second-order valence-corrected chi connectivity index (χ2v) is 3.20. The van der Waals surface area contributed by atoms with E-state index in [1.165, 1.54) is 18.7 Å². The van der Waals surface area contributed by atoms with Gasteiger partial charge in [0.2, 0.25) is 0 Å². The molecule has 0 unspecified atom stereocenters. The molecule has 0 spiro atoms. The molecule has 0 aliphatic carbocycles. The van der Waals surface area contributed by atoms with Gasteiger partial charge in [0.25, 0.3) is 5.91 Å². The molecule has 1 aliphatic heterocycles. The first-order valence-electron chi connectivity index (χ1n) is 3.71. The fraction of sp³-hybridized carbons (Fsp3) is 0.857. The summed E-state index contributed by atoms with van der Waals surface area (Å²) in [5.41, 5.74) is -1.73. The molecule has 0 aromatic rings. The molecule has 1 N–H and O–H groups in total. The van der Waals surface area contributed by atoms with E-state index in [0.717, 1.165) is 6.54 Å². The second kappa shape index (κ2) is 2.77. The predicted molar refractivity (Wildman–Crippen MR) is 39.8 cm³/mol. The lowest BCUT2D eigenvalue weighted by atomic mass is 10.1. The van der Waals surface area contributed by atoms with E-state index in [2.05, 4.69) is 5.32 Å². The third-order valence-corrected chi connectivity index (χ3v) is 1.66. The lowest BCUT2D eigenvalue weighted by Crippen LogP contribution is -2.41. The summed E-state index contributed by atoms with van der Waals surface area (Å²) in [6.45, 7) is 4.43. The zero-order valence-corrected chi connectivity index (χ0v) is 6.85. The number of carbonyl (C=O) groups is 1. The van der Waals surface area contributed by atoms with Gasteiger partial charge in [-0.1, -0.05) is 0 Å². The molecule has 11 heavy (non-hydrogen) atoms. The third kappa shape index (κ3) is 1.89. The number of halogens is 1. The van der Waals surface area contributed by atoms with Gasteiger partial charge in [0.1, 0.15) is 0 Å². The fourth-order valence-electron chi connectivity index (χ4n) is 1.06. The Morgan fingerprint density at radius 2 is 2.27 bits per heavy atom. The van der Waals surface area contributed by atoms with Gasteiger partial charge in [-0.2, -0.15) is 0 Å². The van der Waals surface area contributed by atoms with Gasteiger partial charge in [-0.05, 0) is 13.8 Å². The minimum absolute atomic E-state index is 0.428. The summed E-state index contributed by atoms with van der Waals surface area (Å²) in [5, 5.41) is 2.96. The largest absolute Gasteiger partial charge is 0.326 e. The molecule has 64 valence electrons. The first-order chi connectivity index (χ1) is 5.02. The van der Waals surface area contributed by atoms with E-state index in [4.69, 9.17) is 0 Å². The standard InChI is InChI=1S/C7H13FN2O/c1-7(2,8)6(11)10-4-3-9-5-10/h9H,3-5H2,1-2H3. The number of hydrogen-bond acceptors (Lipinski definition) is 2. The van der Waals surface area contributed by atoms with Gasteiger partial charge < -0.3 is 4.90 Å². The fourth-order valence-corrected chi connectivity index (χ4v) is 1.06. The Kier molecular flexibility index (Phi) is 2.13. The number of nitrogens with zero attached hydrogens (tertiary/aromatic N) is 1. The Bertz CT molecular complexity index is 158. The van der Waals surface area contributed by atoms with Crippen molar-refractivity contribution in [1.29, 1.82) is 0 Å². The van der Waals surface area contributed by atoms with Crippen LogP contribution in [0, 0.1) is 0 Å². The Balaban J connectivity index is 2.53. The molecule has 1 fully saturated rings. The van der Waals surface area contributed by atoms with Gasteiger partial charge >= 0.3 is 0 Å². The van der Waals surface area contributed by atoms with Crippen molar-refractivity contribution in [3.05, 3.63) is 0 Å². The van der Waals surface area contributed by atoms with E-state index in [0.29, 0.717) is 13.2 Å². The van der Waals surface area contributed by atoms with Crippen LogP contribution in [0.25, 0.3) is 0 Å². The number of amides is 1. The SMILES string of the molecule is CC(C)(F)C(=O)N1CCNC1. The van der Waals surface area contributed by atoms with Gasteiger partial charge in [-0.3, -0.25) is 10.1 Å². The Hall–Kier alpha value is -0.640. The van der Waals surface area contributed by atoms with Crippen LogP contribution in [0.1, 0.15) is 13.8 Å². The van der Waals surface area contributed by atoms with Crippen molar-refractivity contribution in [1.82, 2.24) is 10.2 Å². The molecule has 0 saturated carbocycles. The average molecular weight is 160 g/mol. The number of rotatable bonds is 1. The first-order valence-corrected chi connectivity index (χ1v) is 3.71. The quantitative estimate of drug-likeness (QED) is 0.591. The minimum Gasteiger partial charge on any atom is -0.326 e. The zero-order valence-electron chi connectivity index (χ0n) is 6.85. The molecule has 0 atom stereocenters. The molecular formula is C7H13FN2O.